The molecule has 4 nitrogen and oxygen atoms in total. The zero-order chi connectivity index (χ0) is 14.9. The highest BCUT2D eigenvalue weighted by molar-refractivity contribution is 7.17. The molecule has 3 saturated heterocycles. The molecule has 2 bridgehead atoms. The SMILES string of the molecule is O=C(N[C@H]1CN2CCC1CC2)c1ccc(-c2cccnc2)s1. The predicted molar refractivity (Wildman–Crippen MR) is 88.0 cm³/mol. The van der Waals surface area contributed by atoms with Crippen LogP contribution in [0.2, 0.25) is 0 Å². The van der Waals surface area contributed by atoms with Gasteiger partial charge in [-0.05, 0) is 50.0 Å². The Labute approximate surface area is 134 Å². The summed E-state index contributed by atoms with van der Waals surface area (Å²) in [5.74, 6) is 0.727. The van der Waals surface area contributed by atoms with Gasteiger partial charge < -0.3 is 10.2 Å². The van der Waals surface area contributed by atoms with Crippen LogP contribution >= 0.6 is 11.3 Å². The highest BCUT2D eigenvalue weighted by Gasteiger charge is 2.35. The highest BCUT2D eigenvalue weighted by Crippen LogP contribution is 2.30. The van der Waals surface area contributed by atoms with Crippen molar-refractivity contribution < 1.29 is 4.79 Å². The van der Waals surface area contributed by atoms with Gasteiger partial charge in [0.2, 0.25) is 0 Å². The number of hydrogen-bond donors (Lipinski definition) is 1. The first-order valence-electron chi connectivity index (χ1n) is 7.83. The molecule has 0 aromatic carbocycles. The first kappa shape index (κ1) is 13.9. The number of fused-ring (bicyclic) bond motifs is 3. The van der Waals surface area contributed by atoms with E-state index < -0.39 is 0 Å². The second-order valence-corrected chi connectivity index (χ2v) is 7.21. The second kappa shape index (κ2) is 5.82. The Morgan fingerprint density at radius 1 is 1.27 bits per heavy atom. The van der Waals surface area contributed by atoms with Crippen molar-refractivity contribution in [1.29, 1.82) is 0 Å². The lowest BCUT2D eigenvalue weighted by atomic mass is 9.84. The molecule has 3 aliphatic rings. The fourth-order valence-corrected chi connectivity index (χ4v) is 4.39. The topological polar surface area (TPSA) is 45.2 Å². The maximum Gasteiger partial charge on any atom is 0.261 e. The predicted octanol–water partition coefficient (Wildman–Crippen LogP) is 2.63. The average Bonchev–Trinajstić information content (AvgIpc) is 3.07. The van der Waals surface area contributed by atoms with E-state index in [1.807, 2.05) is 30.5 Å². The normalized spacial score (nSPS) is 26.8. The van der Waals surface area contributed by atoms with Crippen LogP contribution in [-0.2, 0) is 0 Å². The van der Waals surface area contributed by atoms with Gasteiger partial charge in [0.05, 0.1) is 4.88 Å². The number of amides is 1. The Kier molecular flexibility index (Phi) is 3.68. The molecule has 5 heterocycles. The van der Waals surface area contributed by atoms with Crippen LogP contribution in [-0.4, -0.2) is 41.5 Å². The second-order valence-electron chi connectivity index (χ2n) is 6.12. The van der Waals surface area contributed by atoms with Gasteiger partial charge in [-0.25, -0.2) is 0 Å². The van der Waals surface area contributed by atoms with E-state index in [2.05, 4.69) is 15.2 Å². The fourth-order valence-electron chi connectivity index (χ4n) is 3.49. The summed E-state index contributed by atoms with van der Waals surface area (Å²) in [7, 11) is 0. The van der Waals surface area contributed by atoms with Crippen molar-refractivity contribution in [3.63, 3.8) is 0 Å². The maximum atomic E-state index is 12.5. The molecule has 22 heavy (non-hydrogen) atoms. The molecule has 2 aromatic heterocycles. The third-order valence-electron chi connectivity index (χ3n) is 4.75. The van der Waals surface area contributed by atoms with E-state index in [4.69, 9.17) is 0 Å². The average molecular weight is 313 g/mol. The summed E-state index contributed by atoms with van der Waals surface area (Å²) in [5, 5.41) is 3.25. The molecular formula is C17H19N3OS. The summed E-state index contributed by atoms with van der Waals surface area (Å²) < 4.78 is 0. The number of aromatic nitrogens is 1. The molecule has 0 radical (unpaired) electrons. The van der Waals surface area contributed by atoms with Crippen LogP contribution in [0.15, 0.2) is 36.7 Å². The molecule has 0 spiro atoms. The lowest BCUT2D eigenvalue weighted by molar-refractivity contribution is 0.0622. The number of pyridine rings is 1. The highest BCUT2D eigenvalue weighted by atomic mass is 32.1. The minimum Gasteiger partial charge on any atom is -0.347 e. The molecule has 2 aromatic rings. The van der Waals surface area contributed by atoms with Crippen LogP contribution in [0.3, 0.4) is 0 Å². The first-order chi connectivity index (χ1) is 10.8. The molecule has 3 fully saturated rings. The Bertz CT molecular complexity index is 662. The lowest BCUT2D eigenvalue weighted by Crippen LogP contribution is -2.57. The van der Waals surface area contributed by atoms with Gasteiger partial charge in [-0.3, -0.25) is 9.78 Å². The number of carbonyl (C=O) groups excluding carboxylic acids is 1. The van der Waals surface area contributed by atoms with Crippen molar-refractivity contribution in [1.82, 2.24) is 15.2 Å². The quantitative estimate of drug-likeness (QED) is 0.947. The van der Waals surface area contributed by atoms with E-state index >= 15 is 0 Å². The van der Waals surface area contributed by atoms with Crippen LogP contribution in [0.4, 0.5) is 0 Å². The summed E-state index contributed by atoms with van der Waals surface area (Å²) in [4.78, 5) is 21.0. The van der Waals surface area contributed by atoms with Crippen molar-refractivity contribution in [3.05, 3.63) is 41.5 Å². The van der Waals surface area contributed by atoms with Gasteiger partial charge in [0.25, 0.3) is 5.91 Å². The molecule has 0 unspecified atom stereocenters. The van der Waals surface area contributed by atoms with Gasteiger partial charge in [0, 0.05) is 35.4 Å². The molecule has 1 N–H and O–H groups in total. The minimum atomic E-state index is 0.0684. The van der Waals surface area contributed by atoms with Gasteiger partial charge in [0.1, 0.15) is 0 Å². The Balaban J connectivity index is 1.46. The number of nitrogens with zero attached hydrogens (tertiary/aromatic N) is 2. The summed E-state index contributed by atoms with van der Waals surface area (Å²) in [6.07, 6.45) is 6.03. The zero-order valence-electron chi connectivity index (χ0n) is 12.4. The lowest BCUT2D eigenvalue weighted by Gasteiger charge is -2.44. The van der Waals surface area contributed by atoms with Crippen molar-refractivity contribution in [2.24, 2.45) is 5.92 Å². The smallest absolute Gasteiger partial charge is 0.261 e. The first-order valence-corrected chi connectivity index (χ1v) is 8.65. The number of rotatable bonds is 3. The summed E-state index contributed by atoms with van der Waals surface area (Å²) >= 11 is 1.54. The molecule has 0 aliphatic carbocycles. The van der Waals surface area contributed by atoms with Crippen molar-refractivity contribution in [2.45, 2.75) is 18.9 Å². The van der Waals surface area contributed by atoms with Crippen molar-refractivity contribution in [2.75, 3.05) is 19.6 Å². The standard InChI is InChI=1S/C17H19N3OS/c21-17(19-14-11-20-8-5-12(14)6-9-20)16-4-3-15(22-16)13-2-1-7-18-10-13/h1-4,7,10,12,14H,5-6,8-9,11H2,(H,19,21)/t14-/m0/s1. The van der Waals surface area contributed by atoms with E-state index in [1.54, 1.807) is 6.20 Å². The van der Waals surface area contributed by atoms with E-state index in [0.29, 0.717) is 12.0 Å². The number of carbonyl (C=O) groups is 1. The minimum absolute atomic E-state index is 0.0684. The number of hydrogen-bond acceptors (Lipinski definition) is 4. The molecule has 3 aliphatic heterocycles. The van der Waals surface area contributed by atoms with Crippen molar-refractivity contribution in [3.8, 4) is 10.4 Å². The van der Waals surface area contributed by atoms with E-state index in [9.17, 15) is 4.79 Å². The van der Waals surface area contributed by atoms with Crippen LogP contribution in [0.1, 0.15) is 22.5 Å². The fraction of sp³-hybridized carbons (Fsp3) is 0.412. The molecule has 1 atom stereocenters. The largest absolute Gasteiger partial charge is 0.347 e. The number of nitrogens with one attached hydrogen (secondary N) is 1. The van der Waals surface area contributed by atoms with E-state index in [1.165, 1.54) is 37.3 Å². The van der Waals surface area contributed by atoms with Gasteiger partial charge >= 0.3 is 0 Å². The van der Waals surface area contributed by atoms with Gasteiger partial charge in [-0.1, -0.05) is 6.07 Å². The molecule has 5 rings (SSSR count). The zero-order valence-corrected chi connectivity index (χ0v) is 13.2. The molecule has 5 heteroatoms. The van der Waals surface area contributed by atoms with Gasteiger partial charge in [-0.15, -0.1) is 11.3 Å². The summed E-state index contributed by atoms with van der Waals surface area (Å²) in [5.41, 5.74) is 1.06. The summed E-state index contributed by atoms with van der Waals surface area (Å²) in [6.45, 7) is 3.40. The molecular weight excluding hydrogens is 294 g/mol. The Morgan fingerprint density at radius 3 is 2.82 bits per heavy atom. The van der Waals surface area contributed by atoms with Crippen LogP contribution < -0.4 is 5.32 Å². The third-order valence-corrected chi connectivity index (χ3v) is 5.88. The van der Waals surface area contributed by atoms with Crippen LogP contribution in [0.25, 0.3) is 10.4 Å². The van der Waals surface area contributed by atoms with Crippen molar-refractivity contribution >= 4 is 17.2 Å². The van der Waals surface area contributed by atoms with Gasteiger partial charge in [0.15, 0.2) is 0 Å². The number of thiophene rings is 1. The maximum absolute atomic E-state index is 12.5. The molecule has 114 valence electrons. The van der Waals surface area contributed by atoms with E-state index in [-0.39, 0.29) is 5.91 Å². The van der Waals surface area contributed by atoms with E-state index in [0.717, 1.165) is 21.9 Å². The number of piperidine rings is 3. The van der Waals surface area contributed by atoms with Crippen LogP contribution in [0, 0.1) is 5.92 Å². The Morgan fingerprint density at radius 2 is 2.14 bits per heavy atom. The molecule has 1 amide bonds. The molecule has 0 saturated carbocycles. The monoisotopic (exact) mass is 313 g/mol. The summed E-state index contributed by atoms with van der Waals surface area (Å²) in [6, 6.07) is 8.19. The third kappa shape index (κ3) is 2.66. The Hall–Kier alpha value is -1.72. The van der Waals surface area contributed by atoms with Gasteiger partial charge in [-0.2, -0.15) is 0 Å². The van der Waals surface area contributed by atoms with Crippen LogP contribution in [0.5, 0.6) is 0 Å².